The minimum Gasteiger partial charge on any atom is -0.481 e. The average molecular weight is 275 g/mol. The molecule has 5 heteroatoms. The molecule has 1 aliphatic carbocycles. The van der Waals surface area contributed by atoms with Gasteiger partial charge in [-0.3, -0.25) is 14.4 Å². The van der Waals surface area contributed by atoms with Crippen LogP contribution in [0.1, 0.15) is 30.4 Å². The summed E-state index contributed by atoms with van der Waals surface area (Å²) in [7, 11) is 0. The predicted octanol–water partition coefficient (Wildman–Crippen LogP) is 1.09. The molecule has 0 radical (unpaired) electrons. The highest BCUT2D eigenvalue weighted by Crippen LogP contribution is 2.14. The van der Waals surface area contributed by atoms with Crippen LogP contribution in [-0.4, -0.2) is 28.8 Å². The Morgan fingerprint density at radius 1 is 1.15 bits per heavy atom. The number of benzene rings is 1. The van der Waals surface area contributed by atoms with Gasteiger partial charge in [-0.1, -0.05) is 24.3 Å². The molecular formula is C15H17NO4. The Balaban J connectivity index is 1.87. The van der Waals surface area contributed by atoms with E-state index >= 15 is 0 Å². The molecule has 1 aromatic carbocycles. The number of hydrogen-bond acceptors (Lipinski definition) is 3. The Labute approximate surface area is 117 Å². The monoisotopic (exact) mass is 275 g/mol. The van der Waals surface area contributed by atoms with Gasteiger partial charge in [0.15, 0.2) is 5.78 Å². The van der Waals surface area contributed by atoms with Gasteiger partial charge in [-0.2, -0.15) is 0 Å². The molecule has 1 aliphatic rings. The molecule has 0 bridgehead atoms. The fourth-order valence-electron chi connectivity index (χ4n) is 2.35. The van der Waals surface area contributed by atoms with Crippen molar-refractivity contribution in [2.75, 3.05) is 0 Å². The maximum atomic E-state index is 11.8. The van der Waals surface area contributed by atoms with Crippen LogP contribution in [0.3, 0.4) is 0 Å². The molecule has 0 saturated heterocycles. The van der Waals surface area contributed by atoms with Crippen LogP contribution in [0.15, 0.2) is 24.3 Å². The number of carbonyl (C=O) groups is 3. The van der Waals surface area contributed by atoms with E-state index in [4.69, 9.17) is 5.11 Å². The van der Waals surface area contributed by atoms with Crippen molar-refractivity contribution in [2.24, 2.45) is 0 Å². The Kier molecular flexibility index (Phi) is 4.50. The van der Waals surface area contributed by atoms with Crippen LogP contribution in [-0.2, 0) is 27.2 Å². The minimum absolute atomic E-state index is 0.0247. The third-order valence-corrected chi connectivity index (χ3v) is 3.38. The second-order valence-electron chi connectivity index (χ2n) is 5.04. The Bertz CT molecular complexity index is 521. The van der Waals surface area contributed by atoms with Gasteiger partial charge in [-0.05, 0) is 24.0 Å². The molecule has 1 amide bonds. The first-order chi connectivity index (χ1) is 9.54. The van der Waals surface area contributed by atoms with E-state index in [-0.39, 0.29) is 30.6 Å². The number of carboxylic acids is 1. The van der Waals surface area contributed by atoms with Gasteiger partial charge in [0.2, 0.25) is 5.91 Å². The molecule has 0 aliphatic heterocycles. The number of amides is 1. The van der Waals surface area contributed by atoms with Gasteiger partial charge in [-0.25, -0.2) is 0 Å². The second-order valence-corrected chi connectivity index (χ2v) is 5.04. The van der Waals surface area contributed by atoms with Gasteiger partial charge in [0, 0.05) is 6.42 Å². The third kappa shape index (κ3) is 3.91. The van der Waals surface area contributed by atoms with E-state index in [1.54, 1.807) is 24.3 Å². The highest BCUT2D eigenvalue weighted by molar-refractivity contribution is 5.91. The van der Waals surface area contributed by atoms with Gasteiger partial charge in [0.1, 0.15) is 0 Å². The van der Waals surface area contributed by atoms with Crippen molar-refractivity contribution in [3.8, 4) is 0 Å². The zero-order valence-electron chi connectivity index (χ0n) is 11.1. The Morgan fingerprint density at radius 2 is 1.75 bits per heavy atom. The maximum absolute atomic E-state index is 11.8. The Hall–Kier alpha value is -2.17. The van der Waals surface area contributed by atoms with Crippen LogP contribution >= 0.6 is 0 Å². The number of rotatable bonds is 5. The lowest BCUT2D eigenvalue weighted by atomic mass is 10.1. The molecule has 5 nitrogen and oxygen atoms in total. The summed E-state index contributed by atoms with van der Waals surface area (Å²) in [5.41, 5.74) is 1.51. The van der Waals surface area contributed by atoms with E-state index in [0.29, 0.717) is 12.0 Å². The topological polar surface area (TPSA) is 83.5 Å². The lowest BCUT2D eigenvalue weighted by molar-refractivity contribution is -0.136. The number of carboxylic acid groups (broad SMARTS) is 1. The van der Waals surface area contributed by atoms with Crippen molar-refractivity contribution >= 4 is 17.7 Å². The summed E-state index contributed by atoms with van der Waals surface area (Å²) in [6.45, 7) is 0. The quantitative estimate of drug-likeness (QED) is 0.842. The van der Waals surface area contributed by atoms with Crippen LogP contribution in [0, 0.1) is 0 Å². The van der Waals surface area contributed by atoms with Gasteiger partial charge in [0.05, 0.1) is 18.9 Å². The van der Waals surface area contributed by atoms with E-state index < -0.39 is 5.97 Å². The number of ketones is 1. The molecule has 0 aromatic heterocycles. The highest BCUT2D eigenvalue weighted by Gasteiger charge is 2.25. The van der Waals surface area contributed by atoms with E-state index in [9.17, 15) is 14.4 Å². The molecule has 1 fully saturated rings. The van der Waals surface area contributed by atoms with Gasteiger partial charge in [-0.15, -0.1) is 0 Å². The summed E-state index contributed by atoms with van der Waals surface area (Å²) >= 11 is 0. The van der Waals surface area contributed by atoms with Crippen LogP contribution < -0.4 is 5.32 Å². The minimum atomic E-state index is -0.879. The molecule has 0 unspecified atom stereocenters. The molecule has 1 aromatic rings. The first-order valence-electron chi connectivity index (χ1n) is 6.66. The van der Waals surface area contributed by atoms with E-state index in [0.717, 1.165) is 18.4 Å². The van der Waals surface area contributed by atoms with Crippen molar-refractivity contribution in [1.82, 2.24) is 5.32 Å². The van der Waals surface area contributed by atoms with Crippen molar-refractivity contribution in [3.05, 3.63) is 35.4 Å². The van der Waals surface area contributed by atoms with Gasteiger partial charge < -0.3 is 10.4 Å². The summed E-state index contributed by atoms with van der Waals surface area (Å²) < 4.78 is 0. The SMILES string of the molecule is O=C(O)Cc1ccc(CC(=O)N[C@@H]2CCCC2=O)cc1. The lowest BCUT2D eigenvalue weighted by Gasteiger charge is -2.10. The number of aliphatic carboxylic acids is 1. The number of carbonyl (C=O) groups excluding carboxylic acids is 2. The largest absolute Gasteiger partial charge is 0.481 e. The highest BCUT2D eigenvalue weighted by atomic mass is 16.4. The smallest absolute Gasteiger partial charge is 0.307 e. The van der Waals surface area contributed by atoms with Crippen molar-refractivity contribution in [3.63, 3.8) is 0 Å². The van der Waals surface area contributed by atoms with E-state index in [2.05, 4.69) is 5.32 Å². The second kappa shape index (κ2) is 6.32. The number of hydrogen-bond donors (Lipinski definition) is 2. The fraction of sp³-hybridized carbons (Fsp3) is 0.400. The van der Waals surface area contributed by atoms with Crippen molar-refractivity contribution in [1.29, 1.82) is 0 Å². The molecule has 20 heavy (non-hydrogen) atoms. The van der Waals surface area contributed by atoms with E-state index in [1.807, 2.05) is 0 Å². The molecule has 2 N–H and O–H groups in total. The van der Waals surface area contributed by atoms with E-state index in [1.165, 1.54) is 0 Å². The van der Waals surface area contributed by atoms with Gasteiger partial charge in [0.25, 0.3) is 0 Å². The zero-order chi connectivity index (χ0) is 14.5. The molecular weight excluding hydrogens is 258 g/mol. The summed E-state index contributed by atoms with van der Waals surface area (Å²) in [4.78, 5) is 33.8. The Morgan fingerprint density at radius 3 is 2.25 bits per heavy atom. The maximum Gasteiger partial charge on any atom is 0.307 e. The first-order valence-corrected chi connectivity index (χ1v) is 6.66. The molecule has 1 saturated carbocycles. The summed E-state index contributed by atoms with van der Waals surface area (Å²) in [6, 6.07) is 6.58. The average Bonchev–Trinajstić information content (AvgIpc) is 2.77. The molecule has 2 rings (SSSR count). The van der Waals surface area contributed by atoms with Gasteiger partial charge >= 0.3 is 5.97 Å². The van der Waals surface area contributed by atoms with Crippen molar-refractivity contribution in [2.45, 2.75) is 38.1 Å². The first kappa shape index (κ1) is 14.2. The van der Waals surface area contributed by atoms with Crippen LogP contribution in [0.2, 0.25) is 0 Å². The normalized spacial score (nSPS) is 18.0. The fourth-order valence-corrected chi connectivity index (χ4v) is 2.35. The van der Waals surface area contributed by atoms with Crippen LogP contribution in [0.5, 0.6) is 0 Å². The van der Waals surface area contributed by atoms with Crippen molar-refractivity contribution < 1.29 is 19.5 Å². The number of Topliss-reactive ketones (excluding diaryl/α,β-unsaturated/α-hetero) is 1. The number of nitrogens with one attached hydrogen (secondary N) is 1. The molecule has 1 atom stereocenters. The molecule has 106 valence electrons. The summed E-state index contributed by atoms with van der Waals surface area (Å²) in [5, 5.41) is 11.4. The lowest BCUT2D eigenvalue weighted by Crippen LogP contribution is -2.38. The standard InChI is InChI=1S/C15H17NO4/c17-13-3-1-2-12(13)16-14(18)8-10-4-6-11(7-5-10)9-15(19)20/h4-7,12H,1-3,8-9H2,(H,16,18)(H,19,20)/t12-/m1/s1. The summed E-state index contributed by atoms with van der Waals surface area (Å²) in [6.07, 6.45) is 2.30. The summed E-state index contributed by atoms with van der Waals surface area (Å²) in [5.74, 6) is -0.943. The molecule has 0 spiro atoms. The third-order valence-electron chi connectivity index (χ3n) is 3.38. The molecule has 0 heterocycles. The predicted molar refractivity (Wildman–Crippen MR) is 72.3 cm³/mol. The zero-order valence-corrected chi connectivity index (χ0v) is 11.1. The van der Waals surface area contributed by atoms with Crippen LogP contribution in [0.4, 0.5) is 0 Å². The van der Waals surface area contributed by atoms with Crippen LogP contribution in [0.25, 0.3) is 0 Å².